The first-order chi connectivity index (χ1) is 18.5. The Kier molecular flexibility index (Phi) is 7.06. The zero-order valence-corrected chi connectivity index (χ0v) is 22.6. The Morgan fingerprint density at radius 3 is 2.54 bits per heavy atom. The average Bonchev–Trinajstić information content (AvgIpc) is 3.17. The number of halogens is 1. The van der Waals surface area contributed by atoms with Crippen LogP contribution in [0.3, 0.4) is 0 Å². The molecule has 1 aliphatic carbocycles. The number of hydrogen-bond donors (Lipinski definition) is 2. The van der Waals surface area contributed by atoms with Gasteiger partial charge in [-0.05, 0) is 68.9 Å². The lowest BCUT2D eigenvalue weighted by molar-refractivity contribution is 0.0875. The number of nitrogens with one attached hydrogen (secondary N) is 1. The highest BCUT2D eigenvalue weighted by Gasteiger charge is 2.44. The largest absolute Gasteiger partial charge is 0.501 e. The van der Waals surface area contributed by atoms with Crippen molar-refractivity contribution in [3.8, 4) is 5.75 Å². The summed E-state index contributed by atoms with van der Waals surface area (Å²) in [6.45, 7) is 3.56. The van der Waals surface area contributed by atoms with E-state index in [1.165, 1.54) is 22.8 Å². The second-order valence-electron chi connectivity index (χ2n) is 10.6. The quantitative estimate of drug-likeness (QED) is 0.426. The van der Waals surface area contributed by atoms with Crippen molar-refractivity contribution in [2.75, 3.05) is 6.61 Å². The van der Waals surface area contributed by atoms with Crippen molar-refractivity contribution in [2.24, 2.45) is 5.41 Å². The van der Waals surface area contributed by atoms with E-state index in [-0.39, 0.29) is 42.0 Å². The summed E-state index contributed by atoms with van der Waals surface area (Å²) >= 11 is 0. The first-order valence-corrected chi connectivity index (χ1v) is 14.2. The Morgan fingerprint density at radius 2 is 1.87 bits per heavy atom. The molecule has 206 valence electrons. The van der Waals surface area contributed by atoms with E-state index < -0.39 is 32.7 Å². The van der Waals surface area contributed by atoms with E-state index in [0.29, 0.717) is 42.6 Å². The fourth-order valence-corrected chi connectivity index (χ4v) is 6.42. The van der Waals surface area contributed by atoms with Crippen LogP contribution in [0, 0.1) is 25.1 Å². The number of amides is 1. The van der Waals surface area contributed by atoms with Gasteiger partial charge in [0.1, 0.15) is 11.6 Å². The summed E-state index contributed by atoms with van der Waals surface area (Å²) in [5.41, 5.74) is 0.282. The van der Waals surface area contributed by atoms with Crippen LogP contribution in [0.4, 0.5) is 4.39 Å². The smallest absolute Gasteiger partial charge is 0.296 e. The first-order valence-electron chi connectivity index (χ1n) is 12.8. The molecule has 1 amide bonds. The minimum atomic E-state index is -3.99. The van der Waals surface area contributed by atoms with Crippen LogP contribution in [-0.4, -0.2) is 35.6 Å². The van der Waals surface area contributed by atoms with Gasteiger partial charge in [0.05, 0.1) is 11.5 Å². The van der Waals surface area contributed by atoms with Crippen LogP contribution >= 0.6 is 0 Å². The van der Waals surface area contributed by atoms with Crippen LogP contribution in [0.15, 0.2) is 52.2 Å². The van der Waals surface area contributed by atoms with Crippen molar-refractivity contribution in [1.29, 1.82) is 0 Å². The minimum absolute atomic E-state index is 0.0649. The number of aromatic nitrogens is 2. The van der Waals surface area contributed by atoms with E-state index in [0.717, 1.165) is 5.56 Å². The van der Waals surface area contributed by atoms with Gasteiger partial charge in [0.25, 0.3) is 21.6 Å². The van der Waals surface area contributed by atoms with Gasteiger partial charge < -0.3 is 10.4 Å². The van der Waals surface area contributed by atoms with Gasteiger partial charge in [0.2, 0.25) is 5.75 Å². The molecule has 2 aliphatic heterocycles. The molecule has 3 aromatic rings. The predicted molar refractivity (Wildman–Crippen MR) is 140 cm³/mol. The molecule has 1 fully saturated rings. The van der Waals surface area contributed by atoms with Crippen molar-refractivity contribution in [1.82, 2.24) is 14.9 Å². The maximum absolute atomic E-state index is 13.5. The van der Waals surface area contributed by atoms with Gasteiger partial charge in [-0.25, -0.2) is 9.37 Å². The molecule has 1 aromatic heterocycles. The lowest BCUT2D eigenvalue weighted by atomic mass is 9.72. The Balaban J connectivity index is 1.37. The summed E-state index contributed by atoms with van der Waals surface area (Å²) in [6.07, 6.45) is 2.49. The highest BCUT2D eigenvalue weighted by atomic mass is 32.2. The van der Waals surface area contributed by atoms with Gasteiger partial charge in [-0.15, -0.1) is 0 Å². The molecular formula is C28H30FN3O6S. The van der Waals surface area contributed by atoms with Crippen LogP contribution in [0.1, 0.15) is 64.6 Å². The van der Waals surface area contributed by atoms with Gasteiger partial charge in [0, 0.05) is 24.4 Å². The molecule has 11 heteroatoms. The molecule has 0 atom stereocenters. The average molecular weight is 556 g/mol. The summed E-state index contributed by atoms with van der Waals surface area (Å²) in [5, 5.41) is 13.3. The molecule has 3 aliphatic rings. The number of carbonyl (C=O) groups excluding carboxylic acids is 1. The molecule has 0 radical (unpaired) electrons. The molecule has 2 N–H and O–H groups in total. The number of carbonyl (C=O) groups is 1. The Morgan fingerprint density at radius 1 is 1.18 bits per heavy atom. The number of benzene rings is 2. The SMILES string of the molecule is Cc1ccc(S(=O)(=O)OCC23CCC(CC2)c2nc(C(=O)NCc4ccc(F)c(C)c4)c(O)c(=O)n2C3)cc1. The molecule has 9 nitrogen and oxygen atoms in total. The van der Waals surface area contributed by atoms with E-state index in [2.05, 4.69) is 10.3 Å². The van der Waals surface area contributed by atoms with Crippen molar-refractivity contribution in [2.45, 2.75) is 63.4 Å². The van der Waals surface area contributed by atoms with Crippen LogP contribution < -0.4 is 10.9 Å². The summed E-state index contributed by atoms with van der Waals surface area (Å²) in [4.78, 5) is 30.7. The van der Waals surface area contributed by atoms with Gasteiger partial charge >= 0.3 is 0 Å². The molecule has 39 heavy (non-hydrogen) atoms. The fraction of sp³-hybridized carbons (Fsp3) is 0.393. The molecule has 6 rings (SSSR count). The Bertz CT molecular complexity index is 1590. The van der Waals surface area contributed by atoms with E-state index >= 15 is 0 Å². The van der Waals surface area contributed by atoms with Crippen LogP contribution in [0.2, 0.25) is 0 Å². The molecular weight excluding hydrogens is 525 g/mol. The number of aryl methyl sites for hydroxylation is 2. The van der Waals surface area contributed by atoms with Crippen molar-refractivity contribution in [3.63, 3.8) is 0 Å². The lowest BCUT2D eigenvalue weighted by Crippen LogP contribution is -2.37. The normalized spacial score (nSPS) is 20.3. The minimum Gasteiger partial charge on any atom is -0.501 e. The van der Waals surface area contributed by atoms with Crippen molar-refractivity contribution >= 4 is 16.0 Å². The number of nitrogens with zero attached hydrogens (tertiary/aromatic N) is 2. The summed E-state index contributed by atoms with van der Waals surface area (Å²) in [6, 6.07) is 10.8. The van der Waals surface area contributed by atoms with Crippen LogP contribution in [-0.2, 0) is 27.4 Å². The summed E-state index contributed by atoms with van der Waals surface area (Å²) in [5.74, 6) is -1.54. The third-order valence-electron chi connectivity index (χ3n) is 7.80. The third-order valence-corrected chi connectivity index (χ3v) is 9.08. The topological polar surface area (TPSA) is 128 Å². The number of hydrogen-bond acceptors (Lipinski definition) is 7. The monoisotopic (exact) mass is 555 g/mol. The third kappa shape index (κ3) is 5.33. The van der Waals surface area contributed by atoms with Gasteiger partial charge in [-0.3, -0.25) is 18.3 Å². The first kappa shape index (κ1) is 27.0. The molecule has 0 unspecified atom stereocenters. The van der Waals surface area contributed by atoms with Gasteiger partial charge in [0.15, 0.2) is 5.69 Å². The van der Waals surface area contributed by atoms with Gasteiger partial charge in [-0.2, -0.15) is 8.42 Å². The van der Waals surface area contributed by atoms with Gasteiger partial charge in [-0.1, -0.05) is 29.8 Å². The van der Waals surface area contributed by atoms with Crippen molar-refractivity contribution < 1.29 is 26.9 Å². The second-order valence-corrected chi connectivity index (χ2v) is 12.2. The summed E-state index contributed by atoms with van der Waals surface area (Å²) in [7, 11) is -3.99. The number of aromatic hydroxyl groups is 1. The number of rotatable bonds is 7. The predicted octanol–water partition coefficient (Wildman–Crippen LogP) is 3.70. The molecule has 1 saturated carbocycles. The maximum Gasteiger partial charge on any atom is 0.296 e. The zero-order valence-electron chi connectivity index (χ0n) is 21.7. The van der Waals surface area contributed by atoms with E-state index in [1.807, 2.05) is 6.92 Å². The summed E-state index contributed by atoms with van der Waals surface area (Å²) < 4.78 is 46.0. The van der Waals surface area contributed by atoms with Crippen molar-refractivity contribution in [3.05, 3.63) is 86.8 Å². The second kappa shape index (κ2) is 10.2. The molecule has 2 aromatic carbocycles. The Hall–Kier alpha value is -3.57. The molecule has 3 heterocycles. The van der Waals surface area contributed by atoms with E-state index in [9.17, 15) is 27.5 Å². The van der Waals surface area contributed by atoms with E-state index in [1.54, 1.807) is 31.2 Å². The fourth-order valence-electron chi connectivity index (χ4n) is 5.41. The molecule has 0 saturated heterocycles. The highest BCUT2D eigenvalue weighted by molar-refractivity contribution is 7.86. The highest BCUT2D eigenvalue weighted by Crippen LogP contribution is 2.47. The molecule has 2 bridgehead atoms. The maximum atomic E-state index is 13.5. The molecule has 0 spiro atoms. The Labute approximate surface area is 225 Å². The zero-order chi connectivity index (χ0) is 27.9. The standard InChI is InChI=1S/C28H30FN3O6S/c1-17-3-6-21(7-4-17)39(36,37)38-16-28-11-9-20(10-12-28)25-31-23(24(33)27(35)32(25)15-28)26(34)30-14-19-5-8-22(29)18(2)13-19/h3-8,13,20,33H,9-12,14-16H2,1-2H3,(H,30,34). The van der Waals surface area contributed by atoms with Crippen LogP contribution in [0.5, 0.6) is 5.75 Å². The van der Waals surface area contributed by atoms with E-state index in [4.69, 9.17) is 4.18 Å². The number of fused-ring (bicyclic) bond motifs is 2. The lowest BCUT2D eigenvalue weighted by Gasteiger charge is -2.35. The van der Waals surface area contributed by atoms with Crippen LogP contribution in [0.25, 0.3) is 0 Å².